The lowest BCUT2D eigenvalue weighted by Gasteiger charge is -2.06. The van der Waals surface area contributed by atoms with Crippen molar-refractivity contribution >= 4 is 36.7 Å². The number of hydrogen-bond acceptors (Lipinski definition) is 6. The van der Waals surface area contributed by atoms with Gasteiger partial charge in [-0.05, 0) is 71.8 Å². The van der Waals surface area contributed by atoms with Crippen LogP contribution in [0.25, 0.3) is 12.2 Å². The van der Waals surface area contributed by atoms with Gasteiger partial charge in [0.05, 0.1) is 11.1 Å². The quantitative estimate of drug-likeness (QED) is 0.0919. The fraction of sp³-hybridized carbons (Fsp3) is 0. The summed E-state index contributed by atoms with van der Waals surface area (Å²) in [5.74, 6) is -0.255. The van der Waals surface area contributed by atoms with Crippen molar-refractivity contribution < 1.29 is 28.7 Å². The van der Waals surface area contributed by atoms with Gasteiger partial charge in [-0.15, -0.1) is 0 Å². The van der Waals surface area contributed by atoms with Gasteiger partial charge in [0.25, 0.3) is 0 Å². The lowest BCUT2D eigenvalue weighted by Crippen LogP contribution is -2.07. The first-order chi connectivity index (χ1) is 18.6. The zero-order valence-electron chi connectivity index (χ0n) is 20.2. The molecule has 38 heavy (non-hydrogen) atoms. The summed E-state index contributed by atoms with van der Waals surface area (Å²) in [4.78, 5) is 48.0. The van der Waals surface area contributed by atoms with Crippen molar-refractivity contribution in [3.8, 4) is 11.5 Å². The molecule has 4 aromatic rings. The van der Waals surface area contributed by atoms with Crippen molar-refractivity contribution in [2.75, 3.05) is 0 Å². The van der Waals surface area contributed by atoms with Gasteiger partial charge in [0, 0.05) is 11.1 Å². The lowest BCUT2D eigenvalue weighted by molar-refractivity contribution is -0.107. The zero-order valence-corrected chi connectivity index (χ0v) is 20.2. The van der Waals surface area contributed by atoms with Crippen LogP contribution in [0.4, 0.5) is 0 Å². The lowest BCUT2D eigenvalue weighted by atomic mass is 10.0. The van der Waals surface area contributed by atoms with E-state index in [0.717, 1.165) is 0 Å². The molecule has 4 rings (SSSR count). The summed E-state index contributed by atoms with van der Waals surface area (Å²) < 4.78 is 10.7. The monoisotopic (exact) mass is 502 g/mol. The average molecular weight is 503 g/mol. The summed E-state index contributed by atoms with van der Waals surface area (Å²) >= 11 is 0. The topological polar surface area (TPSA) is 86.7 Å². The van der Waals surface area contributed by atoms with E-state index >= 15 is 0 Å². The molecule has 4 aromatic carbocycles. The number of carbonyl (C=O) groups is 4. The van der Waals surface area contributed by atoms with Gasteiger partial charge in [-0.1, -0.05) is 60.7 Å². The van der Waals surface area contributed by atoms with E-state index in [1.165, 1.54) is 0 Å². The van der Waals surface area contributed by atoms with E-state index in [4.69, 9.17) is 9.47 Å². The second kappa shape index (κ2) is 12.6. The largest absolute Gasteiger partial charge is 0.423 e. The maximum Gasteiger partial charge on any atom is 0.343 e. The molecule has 0 aromatic heterocycles. The van der Waals surface area contributed by atoms with Gasteiger partial charge in [0.1, 0.15) is 11.5 Å². The van der Waals surface area contributed by atoms with Crippen LogP contribution in [0.2, 0.25) is 0 Å². The standard InChI is InChI=1S/C32H22O6/c33-21-27(19-23-11-15-29(16-12-23)37-31(35)25-7-3-1-4-8-25)28(22-34)20-24-13-17-30(18-14-24)38-32(36)26-9-5-2-6-10-26/h1-22H. The van der Waals surface area contributed by atoms with Crippen molar-refractivity contribution in [3.63, 3.8) is 0 Å². The minimum Gasteiger partial charge on any atom is -0.423 e. The summed E-state index contributed by atoms with van der Waals surface area (Å²) in [6.07, 6.45) is 4.32. The van der Waals surface area contributed by atoms with Crippen LogP contribution < -0.4 is 9.47 Å². The molecule has 0 atom stereocenters. The smallest absolute Gasteiger partial charge is 0.343 e. The number of aldehydes is 2. The molecule has 0 aliphatic heterocycles. The molecule has 6 nitrogen and oxygen atoms in total. The fourth-order valence-corrected chi connectivity index (χ4v) is 3.47. The third-order valence-corrected chi connectivity index (χ3v) is 5.43. The van der Waals surface area contributed by atoms with Crippen LogP contribution >= 0.6 is 0 Å². The van der Waals surface area contributed by atoms with Crippen LogP contribution in [-0.4, -0.2) is 24.5 Å². The Hall–Kier alpha value is -5.36. The molecule has 0 spiro atoms. The summed E-state index contributed by atoms with van der Waals surface area (Å²) in [7, 11) is 0. The minimum atomic E-state index is -0.477. The average Bonchev–Trinajstić information content (AvgIpc) is 2.97. The van der Waals surface area contributed by atoms with Gasteiger partial charge >= 0.3 is 11.9 Å². The highest BCUT2D eigenvalue weighted by Gasteiger charge is 2.10. The van der Waals surface area contributed by atoms with Crippen molar-refractivity contribution in [2.45, 2.75) is 0 Å². The van der Waals surface area contributed by atoms with Gasteiger partial charge in [-0.25, -0.2) is 9.59 Å². The van der Waals surface area contributed by atoms with Crippen LogP contribution in [0, 0.1) is 0 Å². The van der Waals surface area contributed by atoms with Crippen LogP contribution in [0.3, 0.4) is 0 Å². The summed E-state index contributed by atoms with van der Waals surface area (Å²) in [6.45, 7) is 0. The molecule has 186 valence electrons. The third kappa shape index (κ3) is 6.86. The van der Waals surface area contributed by atoms with Crippen molar-refractivity contribution in [1.82, 2.24) is 0 Å². The molecule has 0 bridgehead atoms. The number of esters is 2. The first kappa shape index (κ1) is 25.7. The molecule has 6 heteroatoms. The van der Waals surface area contributed by atoms with E-state index in [2.05, 4.69) is 0 Å². The predicted molar refractivity (Wildman–Crippen MR) is 144 cm³/mol. The van der Waals surface area contributed by atoms with E-state index in [1.54, 1.807) is 109 Å². The Morgan fingerprint density at radius 1 is 0.474 bits per heavy atom. The maximum absolute atomic E-state index is 12.2. The Morgan fingerprint density at radius 2 is 0.816 bits per heavy atom. The zero-order chi connectivity index (χ0) is 26.7. The third-order valence-electron chi connectivity index (χ3n) is 5.43. The molecule has 0 aliphatic rings. The van der Waals surface area contributed by atoms with Crippen LogP contribution in [0.15, 0.2) is 120 Å². The molecule has 0 aliphatic carbocycles. The number of allylic oxidation sites excluding steroid dienone is 2. The molecule has 0 N–H and O–H groups in total. The molecule has 0 radical (unpaired) electrons. The summed E-state index contributed by atoms with van der Waals surface area (Å²) in [5, 5.41) is 0. The Balaban J connectivity index is 1.45. The first-order valence-electron chi connectivity index (χ1n) is 11.6. The molecule has 0 amide bonds. The van der Waals surface area contributed by atoms with Gasteiger partial charge in [-0.3, -0.25) is 9.59 Å². The Morgan fingerprint density at radius 3 is 1.13 bits per heavy atom. The number of ether oxygens (including phenoxy) is 2. The Labute approximate surface area is 219 Å². The predicted octanol–water partition coefficient (Wildman–Crippen LogP) is 5.99. The van der Waals surface area contributed by atoms with Crippen molar-refractivity contribution in [2.24, 2.45) is 0 Å². The second-order valence-electron chi connectivity index (χ2n) is 8.08. The Kier molecular flexibility index (Phi) is 8.50. The molecule has 0 fully saturated rings. The number of rotatable bonds is 9. The Bertz CT molecular complexity index is 1370. The molecule has 0 heterocycles. The van der Waals surface area contributed by atoms with Crippen LogP contribution in [0.5, 0.6) is 11.5 Å². The molecule has 0 unspecified atom stereocenters. The molecular weight excluding hydrogens is 480 g/mol. The van der Waals surface area contributed by atoms with Crippen LogP contribution in [-0.2, 0) is 9.59 Å². The fourth-order valence-electron chi connectivity index (χ4n) is 3.47. The van der Waals surface area contributed by atoms with E-state index in [0.29, 0.717) is 46.3 Å². The highest BCUT2D eigenvalue weighted by Crippen LogP contribution is 2.21. The minimum absolute atomic E-state index is 0.175. The number of benzene rings is 4. The second-order valence-corrected chi connectivity index (χ2v) is 8.08. The molecule has 0 saturated heterocycles. The summed E-state index contributed by atoms with van der Waals surface area (Å²) in [5.41, 5.74) is 2.50. The summed E-state index contributed by atoms with van der Waals surface area (Å²) in [6, 6.07) is 30.4. The van der Waals surface area contributed by atoms with E-state index in [9.17, 15) is 19.2 Å². The van der Waals surface area contributed by atoms with E-state index in [-0.39, 0.29) is 11.1 Å². The normalized spacial score (nSPS) is 11.4. The number of carbonyl (C=O) groups excluding carboxylic acids is 4. The van der Waals surface area contributed by atoms with Gasteiger partial charge < -0.3 is 9.47 Å². The maximum atomic E-state index is 12.2. The number of hydrogen-bond donors (Lipinski definition) is 0. The molecule has 0 saturated carbocycles. The SMILES string of the molecule is O=CC(=Cc1ccc(OC(=O)c2ccccc2)cc1)C(C=O)=Cc1ccc(OC(=O)c2ccccc2)cc1. The molecular formula is C32H22O6. The van der Waals surface area contributed by atoms with E-state index in [1.807, 2.05) is 12.1 Å². The van der Waals surface area contributed by atoms with Crippen molar-refractivity contribution in [1.29, 1.82) is 0 Å². The van der Waals surface area contributed by atoms with Crippen LogP contribution in [0.1, 0.15) is 31.8 Å². The van der Waals surface area contributed by atoms with E-state index < -0.39 is 11.9 Å². The van der Waals surface area contributed by atoms with Crippen molar-refractivity contribution in [3.05, 3.63) is 143 Å². The van der Waals surface area contributed by atoms with Gasteiger partial charge in [-0.2, -0.15) is 0 Å². The van der Waals surface area contributed by atoms with Gasteiger partial charge in [0.15, 0.2) is 12.6 Å². The highest BCUT2D eigenvalue weighted by atomic mass is 16.5. The first-order valence-corrected chi connectivity index (χ1v) is 11.6. The highest BCUT2D eigenvalue weighted by molar-refractivity contribution is 6.02. The van der Waals surface area contributed by atoms with Gasteiger partial charge in [0.2, 0.25) is 0 Å².